The third-order valence-corrected chi connectivity index (χ3v) is 5.98. The lowest BCUT2D eigenvalue weighted by Crippen LogP contribution is -2.37. The Bertz CT molecular complexity index is 820. The molecule has 1 aromatic heterocycles. The van der Waals surface area contributed by atoms with Crippen molar-refractivity contribution in [3.63, 3.8) is 0 Å². The maximum Gasteiger partial charge on any atom is 0.249 e. The van der Waals surface area contributed by atoms with Crippen molar-refractivity contribution in [2.45, 2.75) is 39.7 Å². The summed E-state index contributed by atoms with van der Waals surface area (Å²) in [5, 5.41) is 9.55. The van der Waals surface area contributed by atoms with Crippen LogP contribution in [0.1, 0.15) is 32.8 Å². The zero-order valence-electron chi connectivity index (χ0n) is 17.1. The van der Waals surface area contributed by atoms with Crippen molar-refractivity contribution < 1.29 is 14.5 Å². The summed E-state index contributed by atoms with van der Waals surface area (Å²) >= 11 is 1.68. The first kappa shape index (κ1) is 23.2. The van der Waals surface area contributed by atoms with Gasteiger partial charge in [0.25, 0.3) is 0 Å². The number of nitrogens with zero attached hydrogens (tertiary/aromatic N) is 1. The number of thiophene rings is 1. The molecule has 0 saturated heterocycles. The molecule has 0 fully saturated rings. The molecular weight excluding hydrogens is 405 g/mol. The summed E-state index contributed by atoms with van der Waals surface area (Å²) < 4.78 is 4.10. The molecule has 29 heavy (non-hydrogen) atoms. The van der Waals surface area contributed by atoms with E-state index in [1.165, 1.54) is 23.6 Å². The quantitative estimate of drug-likeness (QED) is 0.443. The molecule has 156 valence electrons. The summed E-state index contributed by atoms with van der Waals surface area (Å²) in [6.07, 6.45) is 1.64. The fourth-order valence-corrected chi connectivity index (χ4v) is 4.50. The van der Waals surface area contributed by atoms with Crippen LogP contribution < -0.4 is 15.5 Å². The number of amides is 2. The van der Waals surface area contributed by atoms with E-state index in [4.69, 9.17) is 0 Å². The number of nitrogens with one attached hydrogen (secondary N) is 2. The second kappa shape index (κ2) is 11.8. The van der Waals surface area contributed by atoms with Crippen LogP contribution in [0.4, 0.5) is 0 Å². The highest BCUT2D eigenvalue weighted by Gasteiger charge is 2.24. The Balaban J connectivity index is 1.79. The van der Waals surface area contributed by atoms with Crippen molar-refractivity contribution >= 4 is 31.1 Å². The third-order valence-electron chi connectivity index (χ3n) is 4.37. The zero-order chi connectivity index (χ0) is 21.2. The zero-order valence-corrected chi connectivity index (χ0v) is 18.8. The largest absolute Gasteiger partial charge is 0.611 e. The van der Waals surface area contributed by atoms with E-state index in [0.29, 0.717) is 6.54 Å². The van der Waals surface area contributed by atoms with Crippen LogP contribution in [0.15, 0.2) is 45.8 Å². The highest BCUT2D eigenvalue weighted by Crippen LogP contribution is 2.22. The lowest BCUT2D eigenvalue weighted by atomic mass is 10.0. The van der Waals surface area contributed by atoms with E-state index in [0.717, 1.165) is 12.8 Å². The molecule has 2 aromatic rings. The Morgan fingerprint density at radius 3 is 2.45 bits per heavy atom. The minimum atomic E-state index is -2.01. The molecule has 2 amide bonds. The van der Waals surface area contributed by atoms with E-state index < -0.39 is 14.0 Å². The number of hydrogen-bond acceptors (Lipinski definition) is 5. The minimum Gasteiger partial charge on any atom is -0.611 e. The highest BCUT2D eigenvalue weighted by molar-refractivity contribution is 7.39. The predicted octanol–water partition coefficient (Wildman–Crippen LogP) is 3.52. The molecule has 0 saturated carbocycles. The molecule has 0 radical (unpaired) electrons. The summed E-state index contributed by atoms with van der Waals surface area (Å²) in [5.74, 6) is -0.563. The van der Waals surface area contributed by atoms with E-state index in [2.05, 4.69) is 56.5 Å². The summed E-state index contributed by atoms with van der Waals surface area (Å²) in [4.78, 5) is 35.3. The van der Waals surface area contributed by atoms with Gasteiger partial charge in [0, 0.05) is 13.5 Å². The van der Waals surface area contributed by atoms with Gasteiger partial charge in [-0.1, -0.05) is 42.9 Å². The predicted molar refractivity (Wildman–Crippen MR) is 118 cm³/mol. The molecule has 1 unspecified atom stereocenters. The van der Waals surface area contributed by atoms with E-state index in [-0.39, 0.29) is 24.0 Å². The van der Waals surface area contributed by atoms with Crippen LogP contribution in [0.3, 0.4) is 0 Å². The fraction of sp³-hybridized carbons (Fsp3) is 0.429. The van der Waals surface area contributed by atoms with Gasteiger partial charge in [0.1, 0.15) is 0 Å². The molecule has 2 atom stereocenters. The number of benzene rings is 1. The smallest absolute Gasteiger partial charge is 0.249 e. The SMILES string of the molecule is CC(=O)NC[P+]([O-])=N[C@H](C(=O)NCCCc1ccc(-c2ccsc2)cc1)C(C)C. The van der Waals surface area contributed by atoms with Crippen LogP contribution in [0.5, 0.6) is 0 Å². The Labute approximate surface area is 177 Å². The first-order chi connectivity index (χ1) is 13.9. The molecule has 0 aliphatic carbocycles. The van der Waals surface area contributed by atoms with Gasteiger partial charge in [-0.3, -0.25) is 9.59 Å². The Morgan fingerprint density at radius 2 is 1.86 bits per heavy atom. The van der Waals surface area contributed by atoms with Gasteiger partial charge in [-0.25, -0.2) is 0 Å². The lowest BCUT2D eigenvalue weighted by Gasteiger charge is -2.14. The van der Waals surface area contributed by atoms with Crippen LogP contribution in [0.25, 0.3) is 11.1 Å². The molecule has 1 heterocycles. The van der Waals surface area contributed by atoms with Crippen molar-refractivity contribution in [2.24, 2.45) is 10.7 Å². The molecule has 8 heteroatoms. The normalized spacial score (nSPS) is 12.7. The van der Waals surface area contributed by atoms with Crippen molar-refractivity contribution in [2.75, 3.05) is 12.8 Å². The fourth-order valence-electron chi connectivity index (χ4n) is 2.75. The lowest BCUT2D eigenvalue weighted by molar-refractivity contribution is -0.157. The molecule has 0 aliphatic rings. The Morgan fingerprint density at radius 1 is 1.14 bits per heavy atom. The summed E-state index contributed by atoms with van der Waals surface area (Å²) in [6, 6.07) is 9.90. The summed E-state index contributed by atoms with van der Waals surface area (Å²) in [5.41, 5.74) is 3.66. The number of rotatable bonds is 10. The molecule has 0 aliphatic heterocycles. The first-order valence-electron chi connectivity index (χ1n) is 9.66. The summed E-state index contributed by atoms with van der Waals surface area (Å²) in [6.45, 7) is 5.62. The molecule has 1 aromatic carbocycles. The second-order valence-corrected chi connectivity index (χ2v) is 9.18. The number of hydrogen-bond donors (Lipinski definition) is 2. The highest BCUT2D eigenvalue weighted by atomic mass is 32.1. The maximum absolute atomic E-state index is 12.4. The van der Waals surface area contributed by atoms with Gasteiger partial charge >= 0.3 is 0 Å². The van der Waals surface area contributed by atoms with Crippen LogP contribution in [0.2, 0.25) is 0 Å². The number of aryl methyl sites for hydroxylation is 1. The van der Waals surface area contributed by atoms with Crippen LogP contribution >= 0.6 is 19.3 Å². The second-order valence-electron chi connectivity index (χ2n) is 7.15. The van der Waals surface area contributed by atoms with E-state index in [9.17, 15) is 14.5 Å². The molecule has 0 spiro atoms. The molecule has 0 bridgehead atoms. The van der Waals surface area contributed by atoms with Gasteiger partial charge in [0.2, 0.25) is 11.8 Å². The van der Waals surface area contributed by atoms with Gasteiger partial charge in [0.15, 0.2) is 20.3 Å². The van der Waals surface area contributed by atoms with Crippen molar-refractivity contribution in [3.8, 4) is 11.1 Å². The number of carbonyl (C=O) groups is 2. The topological polar surface area (TPSA) is 93.6 Å². The number of carbonyl (C=O) groups excluding carboxylic acids is 2. The minimum absolute atomic E-state index is 0.0391. The average molecular weight is 434 g/mol. The van der Waals surface area contributed by atoms with Crippen LogP contribution in [-0.4, -0.2) is 30.7 Å². The first-order valence-corrected chi connectivity index (χ1v) is 12.0. The Hall–Kier alpha value is -2.08. The van der Waals surface area contributed by atoms with E-state index in [1.807, 2.05) is 13.8 Å². The van der Waals surface area contributed by atoms with Crippen molar-refractivity contribution in [3.05, 3.63) is 46.7 Å². The van der Waals surface area contributed by atoms with E-state index >= 15 is 0 Å². The molecule has 6 nitrogen and oxygen atoms in total. The molecule has 2 N–H and O–H groups in total. The molecular formula is C21H28N3O3PS. The van der Waals surface area contributed by atoms with Gasteiger partial charge in [-0.05, 0) is 52.3 Å². The maximum atomic E-state index is 12.4. The van der Waals surface area contributed by atoms with Crippen LogP contribution in [-0.2, 0) is 16.0 Å². The van der Waals surface area contributed by atoms with Gasteiger partial charge in [-0.2, -0.15) is 11.3 Å². The monoisotopic (exact) mass is 433 g/mol. The average Bonchev–Trinajstić information content (AvgIpc) is 3.22. The Kier molecular flexibility index (Phi) is 9.45. The van der Waals surface area contributed by atoms with Gasteiger partial charge in [0.05, 0.1) is 0 Å². The van der Waals surface area contributed by atoms with Crippen molar-refractivity contribution in [1.29, 1.82) is 0 Å². The third kappa shape index (κ3) is 8.05. The van der Waals surface area contributed by atoms with Gasteiger partial charge in [-0.15, -0.1) is 0 Å². The molecule has 2 rings (SSSR count). The van der Waals surface area contributed by atoms with E-state index in [1.54, 1.807) is 11.3 Å². The standard InChI is InChI=1S/C21H28N3O3PS/c1-15(2)20(24-28(27)14-23-16(3)25)21(26)22-11-4-5-17-6-8-18(9-7-17)19-10-12-29-13-19/h6-10,12-13,15,20H,4-5,11,14H2,1-3H3,(H,22,26)(H,23,25)/t20-/m0/s1. The summed E-state index contributed by atoms with van der Waals surface area (Å²) in [7, 11) is -2.01. The van der Waals surface area contributed by atoms with Crippen LogP contribution in [0, 0.1) is 5.92 Å². The van der Waals surface area contributed by atoms with Gasteiger partial charge < -0.3 is 15.5 Å². The van der Waals surface area contributed by atoms with Crippen molar-refractivity contribution in [1.82, 2.24) is 10.6 Å².